The van der Waals surface area contributed by atoms with E-state index >= 15 is 0 Å². The Morgan fingerprint density at radius 3 is 2.81 bits per heavy atom. The third-order valence-corrected chi connectivity index (χ3v) is 4.19. The Morgan fingerprint density at radius 1 is 1.25 bits per heavy atom. The highest BCUT2D eigenvalue weighted by Gasteiger charge is 2.29. The van der Waals surface area contributed by atoms with Crippen LogP contribution in [0.4, 0.5) is 0 Å². The Labute approximate surface area is 110 Å². The van der Waals surface area contributed by atoms with Gasteiger partial charge in [-0.25, -0.2) is 0 Å². The van der Waals surface area contributed by atoms with Gasteiger partial charge in [-0.3, -0.25) is 4.68 Å². The summed E-state index contributed by atoms with van der Waals surface area (Å²) in [6.45, 7) is 5.05. The summed E-state index contributed by atoms with van der Waals surface area (Å²) in [5, 5.41) is 4.37. The molecule has 3 nitrogen and oxygen atoms in total. The quantitative estimate of drug-likeness (QED) is 0.789. The third-order valence-electron chi connectivity index (χ3n) is 3.63. The largest absolute Gasteiger partial charge is 0.303 e. The van der Waals surface area contributed by atoms with Gasteiger partial charge >= 0.3 is 0 Å². The molecule has 88 valence electrons. The van der Waals surface area contributed by atoms with Gasteiger partial charge in [0.05, 0.1) is 9.77 Å². The average Bonchev–Trinajstić information content (AvgIpc) is 2.80. The van der Waals surface area contributed by atoms with Gasteiger partial charge in [-0.15, -0.1) is 0 Å². The van der Waals surface area contributed by atoms with Crippen molar-refractivity contribution in [2.45, 2.75) is 25.8 Å². The molecule has 0 N–H and O–H groups in total. The molecule has 4 heteroatoms. The van der Waals surface area contributed by atoms with Gasteiger partial charge in [0.2, 0.25) is 0 Å². The van der Waals surface area contributed by atoms with Crippen LogP contribution in [0.3, 0.4) is 0 Å². The van der Waals surface area contributed by atoms with Crippen molar-refractivity contribution in [2.75, 3.05) is 19.6 Å². The van der Waals surface area contributed by atoms with E-state index in [1.54, 1.807) is 0 Å². The summed E-state index contributed by atoms with van der Waals surface area (Å²) in [5.74, 6) is 1.85. The molecule has 1 aliphatic carbocycles. The zero-order valence-electron chi connectivity index (χ0n) is 9.48. The predicted molar refractivity (Wildman–Crippen MR) is 72.2 cm³/mol. The normalized spacial score (nSPS) is 26.4. The van der Waals surface area contributed by atoms with E-state index < -0.39 is 0 Å². The summed E-state index contributed by atoms with van der Waals surface area (Å²) in [6.07, 6.45) is 8.38. The van der Waals surface area contributed by atoms with Crippen molar-refractivity contribution in [3.05, 3.63) is 16.0 Å². The zero-order chi connectivity index (χ0) is 11.0. The lowest BCUT2D eigenvalue weighted by Crippen LogP contribution is -2.24. The van der Waals surface area contributed by atoms with Crippen molar-refractivity contribution in [1.82, 2.24) is 14.7 Å². The number of halogens is 1. The maximum Gasteiger partial charge on any atom is 0.0623 e. The van der Waals surface area contributed by atoms with Gasteiger partial charge in [0, 0.05) is 25.8 Å². The van der Waals surface area contributed by atoms with Crippen LogP contribution in [0.15, 0.2) is 12.4 Å². The molecule has 1 aromatic rings. The predicted octanol–water partition coefficient (Wildman–Crippen LogP) is 2.22. The van der Waals surface area contributed by atoms with E-state index in [0.717, 1.165) is 18.4 Å². The second-order valence-electron chi connectivity index (χ2n) is 5.24. The molecule has 2 fully saturated rings. The molecule has 3 rings (SSSR count). The van der Waals surface area contributed by atoms with Gasteiger partial charge < -0.3 is 4.90 Å². The number of hydrogen-bond donors (Lipinski definition) is 0. The molecule has 0 radical (unpaired) electrons. The third kappa shape index (κ3) is 2.77. The first kappa shape index (κ1) is 11.0. The van der Waals surface area contributed by atoms with Crippen molar-refractivity contribution in [3.63, 3.8) is 0 Å². The lowest BCUT2D eigenvalue weighted by Gasteiger charge is -2.15. The number of aromatic nitrogens is 2. The Balaban J connectivity index is 1.49. The topological polar surface area (TPSA) is 21.1 Å². The monoisotopic (exact) mass is 331 g/mol. The summed E-state index contributed by atoms with van der Waals surface area (Å²) in [5.41, 5.74) is 0. The summed E-state index contributed by atoms with van der Waals surface area (Å²) in [6, 6.07) is 0. The van der Waals surface area contributed by atoms with Crippen LogP contribution in [0.25, 0.3) is 0 Å². The van der Waals surface area contributed by atoms with Gasteiger partial charge in [0.1, 0.15) is 0 Å². The molecule has 0 aromatic carbocycles. The lowest BCUT2D eigenvalue weighted by atomic mass is 10.1. The first-order valence-electron chi connectivity index (χ1n) is 6.20. The molecule has 1 saturated carbocycles. The molecule has 0 spiro atoms. The molecular weight excluding hydrogens is 313 g/mol. The Hall–Kier alpha value is -0.100. The highest BCUT2D eigenvalue weighted by Crippen LogP contribution is 2.31. The number of nitrogens with zero attached hydrogens (tertiary/aromatic N) is 3. The smallest absolute Gasteiger partial charge is 0.0623 e. The van der Waals surface area contributed by atoms with Crippen LogP contribution in [0.1, 0.15) is 19.3 Å². The molecular formula is C12H18IN3. The summed E-state index contributed by atoms with van der Waals surface area (Å²) < 4.78 is 3.35. The Morgan fingerprint density at radius 2 is 2.12 bits per heavy atom. The first-order chi connectivity index (χ1) is 7.79. The number of hydrogen-bond acceptors (Lipinski definition) is 2. The Kier molecular flexibility index (Phi) is 3.20. The van der Waals surface area contributed by atoms with Crippen molar-refractivity contribution < 1.29 is 0 Å². The van der Waals surface area contributed by atoms with E-state index in [-0.39, 0.29) is 0 Å². The molecule has 1 aromatic heterocycles. The fraction of sp³-hybridized carbons (Fsp3) is 0.750. The average molecular weight is 331 g/mol. The van der Waals surface area contributed by atoms with Crippen LogP contribution in [-0.4, -0.2) is 34.3 Å². The van der Waals surface area contributed by atoms with E-state index in [1.165, 1.54) is 42.5 Å². The van der Waals surface area contributed by atoms with E-state index in [4.69, 9.17) is 0 Å². The first-order valence-corrected chi connectivity index (χ1v) is 7.28. The molecule has 1 atom stereocenters. The summed E-state index contributed by atoms with van der Waals surface area (Å²) in [4.78, 5) is 2.65. The molecule has 2 heterocycles. The second-order valence-corrected chi connectivity index (χ2v) is 6.48. The van der Waals surface area contributed by atoms with Crippen LogP contribution in [0.5, 0.6) is 0 Å². The highest BCUT2D eigenvalue weighted by atomic mass is 127. The van der Waals surface area contributed by atoms with Crippen LogP contribution < -0.4 is 0 Å². The van der Waals surface area contributed by atoms with Gasteiger partial charge in [0.25, 0.3) is 0 Å². The minimum absolute atomic E-state index is 0.814. The zero-order valence-corrected chi connectivity index (χ0v) is 11.6. The molecule has 0 amide bonds. The highest BCUT2D eigenvalue weighted by molar-refractivity contribution is 14.1. The molecule has 2 aliphatic rings. The van der Waals surface area contributed by atoms with Gasteiger partial charge in [-0.2, -0.15) is 5.10 Å². The van der Waals surface area contributed by atoms with Crippen LogP contribution in [0, 0.1) is 15.4 Å². The fourth-order valence-electron chi connectivity index (χ4n) is 2.60. The standard InChI is InChI=1S/C12H18IN3/c13-12-5-14-16(9-12)8-11-3-4-15(7-11)6-10-1-2-10/h5,9-11H,1-4,6-8H2. The maximum atomic E-state index is 4.37. The van der Waals surface area contributed by atoms with Crippen LogP contribution in [0.2, 0.25) is 0 Å². The number of rotatable bonds is 4. The molecule has 1 saturated heterocycles. The summed E-state index contributed by atoms with van der Waals surface area (Å²) in [7, 11) is 0. The van der Waals surface area contributed by atoms with Crippen molar-refractivity contribution >= 4 is 22.6 Å². The minimum Gasteiger partial charge on any atom is -0.303 e. The van der Waals surface area contributed by atoms with Crippen molar-refractivity contribution in [3.8, 4) is 0 Å². The molecule has 1 aliphatic heterocycles. The second kappa shape index (κ2) is 4.64. The van der Waals surface area contributed by atoms with Crippen LogP contribution in [-0.2, 0) is 6.54 Å². The summed E-state index contributed by atoms with van der Waals surface area (Å²) >= 11 is 2.32. The van der Waals surface area contributed by atoms with E-state index in [1.807, 2.05) is 6.20 Å². The minimum atomic E-state index is 0.814. The SMILES string of the molecule is Ic1cnn(CC2CCN(CC3CC3)C2)c1. The van der Waals surface area contributed by atoms with E-state index in [2.05, 4.69) is 43.5 Å². The fourth-order valence-corrected chi connectivity index (χ4v) is 3.04. The van der Waals surface area contributed by atoms with Crippen molar-refractivity contribution in [1.29, 1.82) is 0 Å². The van der Waals surface area contributed by atoms with Crippen molar-refractivity contribution in [2.24, 2.45) is 11.8 Å². The molecule has 1 unspecified atom stereocenters. The van der Waals surface area contributed by atoms with E-state index in [0.29, 0.717) is 0 Å². The van der Waals surface area contributed by atoms with Gasteiger partial charge in [-0.05, 0) is 60.2 Å². The van der Waals surface area contributed by atoms with Gasteiger partial charge in [-0.1, -0.05) is 0 Å². The lowest BCUT2D eigenvalue weighted by molar-refractivity contribution is 0.302. The Bertz CT molecular complexity index is 359. The van der Waals surface area contributed by atoms with Crippen LogP contribution >= 0.6 is 22.6 Å². The molecule has 0 bridgehead atoms. The van der Waals surface area contributed by atoms with E-state index in [9.17, 15) is 0 Å². The maximum absolute atomic E-state index is 4.37. The number of likely N-dealkylation sites (tertiary alicyclic amines) is 1. The van der Waals surface area contributed by atoms with Gasteiger partial charge in [0.15, 0.2) is 0 Å². The molecule has 16 heavy (non-hydrogen) atoms.